The molecular formula is C90H123ClLiN15O28. The van der Waals surface area contributed by atoms with Crippen LogP contribution in [0.4, 0.5) is 16.2 Å². The van der Waals surface area contributed by atoms with Gasteiger partial charge in [0.05, 0.1) is 61.6 Å². The van der Waals surface area contributed by atoms with E-state index in [2.05, 4.69) is 51.3 Å². The number of aromatic carboxylic acids is 1. The predicted molar refractivity (Wildman–Crippen MR) is 485 cm³/mol. The van der Waals surface area contributed by atoms with Gasteiger partial charge in [-0.1, -0.05) is 33.4 Å². The molecule has 0 saturated heterocycles. The topological polar surface area (TPSA) is 565 Å². The number of hydrogen-bond donors (Lipinski definition) is 4. The number of tetrazole rings is 3. The van der Waals surface area contributed by atoms with Crippen molar-refractivity contribution < 1.29 is 146 Å². The van der Waals surface area contributed by atoms with Crippen molar-refractivity contribution in [1.82, 2.24) is 60.6 Å². The van der Waals surface area contributed by atoms with Crippen LogP contribution in [0.5, 0.6) is 34.5 Å². The summed E-state index contributed by atoms with van der Waals surface area (Å²) < 4.78 is 79.0. The Morgan fingerprint density at radius 3 is 1.10 bits per heavy atom. The number of carboxylic acids is 1. The molecule has 45 heteroatoms. The van der Waals surface area contributed by atoms with Crippen molar-refractivity contribution in [3.8, 4) is 51.6 Å². The van der Waals surface area contributed by atoms with E-state index in [9.17, 15) is 49.1 Å². The molecule has 0 atom stereocenters. The number of benzene rings is 6. The Bertz CT molecular complexity index is 5460. The maximum atomic E-state index is 12.2. The van der Waals surface area contributed by atoms with Gasteiger partial charge >= 0.3 is 54.1 Å². The number of rotatable bonds is 22. The van der Waals surface area contributed by atoms with E-state index < -0.39 is 51.0 Å². The van der Waals surface area contributed by atoms with Crippen molar-refractivity contribution in [2.24, 2.45) is 5.92 Å². The molecule has 3 aromatic heterocycles. The summed E-state index contributed by atoms with van der Waals surface area (Å²) in [6, 6.07) is 22.6. The summed E-state index contributed by atoms with van der Waals surface area (Å²) >= 11 is 4.86. The minimum absolute atomic E-state index is 0. The third-order valence-corrected chi connectivity index (χ3v) is 18.9. The summed E-state index contributed by atoms with van der Waals surface area (Å²) in [5, 5.41) is 76.3. The number of nitrogens with two attached hydrogens (primary N) is 1. The van der Waals surface area contributed by atoms with Crippen molar-refractivity contribution >= 4 is 58.3 Å². The summed E-state index contributed by atoms with van der Waals surface area (Å²) in [7, 11) is 0. The van der Waals surface area contributed by atoms with Crippen LogP contribution in [0.2, 0.25) is 0 Å². The molecule has 0 aliphatic carbocycles. The van der Waals surface area contributed by atoms with Gasteiger partial charge < -0.3 is 92.9 Å². The molecule has 6 N–H and O–H groups in total. The second kappa shape index (κ2) is 51.1. The Labute approximate surface area is 800 Å². The molecule has 0 unspecified atom stereocenters. The van der Waals surface area contributed by atoms with Gasteiger partial charge in [-0.25, -0.2) is 42.8 Å². The van der Waals surface area contributed by atoms with Crippen molar-refractivity contribution in [1.29, 1.82) is 0 Å². The monoisotopic (exact) mass is 1900 g/mol. The molecule has 0 spiro atoms. The van der Waals surface area contributed by atoms with Crippen LogP contribution in [0.3, 0.4) is 0 Å². The van der Waals surface area contributed by atoms with E-state index in [4.69, 9.17) is 94.2 Å². The summed E-state index contributed by atoms with van der Waals surface area (Å²) in [5.41, 5.74) is 13.7. The second-order valence-electron chi connectivity index (χ2n) is 33.8. The van der Waals surface area contributed by atoms with Crippen LogP contribution in [0, 0.1) is 26.1 Å². The number of carbonyl (C=O) groups excluding carboxylic acids is 5. The second-order valence-corrected chi connectivity index (χ2v) is 34.1. The smallest absolute Gasteiger partial charge is 0.870 e. The number of nitrogens with zero attached hydrogens (tertiary/aromatic N) is 14. The number of carbonyl (C=O) groups is 6. The van der Waals surface area contributed by atoms with Crippen molar-refractivity contribution in [3.05, 3.63) is 185 Å². The number of aliphatic hydroxyl groups is 1. The molecule has 0 saturated carbocycles. The van der Waals surface area contributed by atoms with Gasteiger partial charge in [-0.3, -0.25) is 10.1 Å². The maximum Gasteiger partial charge on any atom is 1.00 e. The fourth-order valence-corrected chi connectivity index (χ4v) is 14.1. The van der Waals surface area contributed by atoms with Crippen LogP contribution in [0.15, 0.2) is 97.8 Å². The SMILES string of the molecule is C.CC(C)COC(=O)Cl.CC1(C)Cc2cc(-n3cnnn3)cc(C(=O)O)c2O1.CC1(C)Cc2cc(-n3cnnn3)cc(CO)c2O1.CCOC(=O)c1cc(-n2cnnn2)cc2c1OC(C)(C)C2.CCOC(=O)c1cc(N)cc2c1OC(C)(C)C2.CCOC(=O)c1cc([N+](=O)[O-])cc2c1OC(C)(C)C2.CCOC(=O)c1cccc2c1OC(C)(C)C2.CCOC(OCC)OCC.O=[N+]([O-])O.[HH].[Li+].[OH-]. The number of nitrogen functional groups attached to an aromatic ring is 1. The summed E-state index contributed by atoms with van der Waals surface area (Å²) in [6.45, 7) is 43.2. The third kappa shape index (κ3) is 33.7. The zero-order chi connectivity index (χ0) is 98.0. The largest absolute Gasteiger partial charge is 1.00 e. The first-order chi connectivity index (χ1) is 62.0. The molecule has 0 fully saturated rings. The number of hydrogen-bond acceptors (Lipinski definition) is 36. The fourth-order valence-electron chi connectivity index (χ4n) is 14.1. The molecule has 0 bridgehead atoms. The van der Waals surface area contributed by atoms with E-state index in [0.717, 1.165) is 64.1 Å². The van der Waals surface area contributed by atoms with Crippen LogP contribution in [-0.4, -0.2) is 220 Å². The number of esters is 4. The number of aromatic nitrogens is 12. The van der Waals surface area contributed by atoms with Crippen molar-refractivity contribution in [2.75, 3.05) is 58.6 Å². The van der Waals surface area contributed by atoms with Gasteiger partial charge in [-0.05, 0) is 229 Å². The van der Waals surface area contributed by atoms with E-state index in [1.165, 1.54) is 46.5 Å². The number of nitro groups is 1. The average Bonchev–Trinajstić information content (AvgIpc) is 1.59. The van der Waals surface area contributed by atoms with Crippen LogP contribution < -0.4 is 53.0 Å². The first-order valence-corrected chi connectivity index (χ1v) is 42.7. The average molecular weight is 1910 g/mol. The third-order valence-electron chi connectivity index (χ3n) is 18.8. The molecular weight excluding hydrogens is 1780 g/mol. The zero-order valence-electron chi connectivity index (χ0n) is 79.3. The van der Waals surface area contributed by atoms with Crippen molar-refractivity contribution in [2.45, 2.75) is 238 Å². The summed E-state index contributed by atoms with van der Waals surface area (Å²) in [5.74, 6) is 1.17. The molecule has 0 radical (unpaired) electrons. The van der Waals surface area contributed by atoms with Crippen molar-refractivity contribution in [3.63, 3.8) is 0 Å². The molecule has 9 aromatic rings. The van der Waals surface area contributed by atoms with E-state index in [1.54, 1.807) is 50.6 Å². The molecule has 6 aliphatic rings. The number of carboxylic acid groups (broad SMARTS) is 1. The Morgan fingerprint density at radius 1 is 0.467 bits per heavy atom. The Morgan fingerprint density at radius 2 is 0.778 bits per heavy atom. The van der Waals surface area contributed by atoms with E-state index in [0.29, 0.717) is 139 Å². The standard InChI is InChI=1S/C14H16N4O3.C13H15NO5.C13H17NO3.C13H16O3.C12H12N4O3.C12H14N4O2.C7H16O3.C5H9ClO2.CH4.Li.HNO3.H2O.H2/c1-4-20-13(19)11-6-10(18-8-15-16-17-18)5-9-7-14(2,3)21-12(9)11;1-4-18-12(15)10-6-9(14(16)17)5-8-7-13(2,3)19-11(8)10;1-4-16-12(15)10-6-9(14)5-8-7-13(2,3)17-11(8)10;1-4-15-12(14)10-7-5-6-9-8-13(2,3)16-11(9)10;1-12(2)5-7-3-8(16-6-13-14-15-16)4-9(11(17)18)10(7)19-12;1-12(2)5-8-3-10(16-7-13-14-15-16)4-9(6-17)11(8)18-12;1-4-8-7(9-5-2)10-6-3;1-4(2)3-8-5(6)7;;;2-1(3)4;;/h5-6,8H,4,7H2,1-3H3;5-6H,4,7H2,1-3H3;5-6H,4,7,14H2,1-3H3;5-7H,4,8H2,1-3H3;3-4,6H,5H2,1-2H3,(H,17,18);3-4,7,17H,5-6H2,1-2H3;7H,4-6H2,1-3H3;4H,3H2,1-2H3;1H4;;(H,2,3,4);1H2;1H/q;;;;;;;;;+1;;;/p-1. The number of anilines is 1. The number of non-ortho nitro benzene ring substituents is 1. The number of para-hydroxylation sites is 1. The van der Waals surface area contributed by atoms with Gasteiger partial charge in [0.15, 0.2) is 0 Å². The minimum Gasteiger partial charge on any atom is -0.870 e. The molecule has 15 rings (SSSR count). The molecule has 734 valence electrons. The Kier molecular flexibility index (Phi) is 43.3. The normalized spacial score (nSPS) is 14.5. The maximum absolute atomic E-state index is 12.2. The van der Waals surface area contributed by atoms with Crippen LogP contribution >= 0.6 is 11.6 Å². The number of fused-ring (bicyclic) bond motifs is 6. The summed E-state index contributed by atoms with van der Waals surface area (Å²) in [4.78, 5) is 87.6. The Hall–Kier alpha value is -12.8. The minimum atomic E-state index is -1.50. The van der Waals surface area contributed by atoms with Gasteiger partial charge in [0.1, 0.15) is 115 Å². The summed E-state index contributed by atoms with van der Waals surface area (Å²) in [6.07, 6.45) is 8.72. The molecule has 135 heavy (non-hydrogen) atoms. The van der Waals surface area contributed by atoms with E-state index in [1.807, 2.05) is 160 Å². The van der Waals surface area contributed by atoms with Crippen LogP contribution in [0.1, 0.15) is 245 Å². The zero-order valence-corrected chi connectivity index (χ0v) is 80.1. The Balaban J connectivity index is 0.000000401. The first kappa shape index (κ1) is 115. The molecule has 6 aliphatic heterocycles. The van der Waals surface area contributed by atoms with Gasteiger partial charge in [0, 0.05) is 123 Å². The van der Waals surface area contributed by atoms with Crippen LogP contribution in [0.25, 0.3) is 17.1 Å². The van der Waals surface area contributed by atoms with E-state index in [-0.39, 0.29) is 97.6 Å². The number of aliphatic hydroxyl groups excluding tert-OH is 1. The predicted octanol–water partition coefficient (Wildman–Crippen LogP) is 11.5. The van der Waals surface area contributed by atoms with Gasteiger partial charge in [-0.2, -0.15) is 0 Å². The number of ether oxygens (including phenoxy) is 14. The molecule has 6 aromatic carbocycles. The van der Waals surface area contributed by atoms with Gasteiger partial charge in [-0.15, -0.1) is 25.4 Å². The number of halogens is 1. The number of nitro benzene ring substituents is 1. The molecule has 0 amide bonds. The van der Waals surface area contributed by atoms with Crippen LogP contribution in [-0.2, 0) is 83.0 Å². The van der Waals surface area contributed by atoms with E-state index >= 15 is 0 Å². The van der Waals surface area contributed by atoms with Gasteiger partial charge in [0.2, 0.25) is 0 Å². The molecule has 43 nitrogen and oxygen atoms in total. The van der Waals surface area contributed by atoms with Gasteiger partial charge in [0.25, 0.3) is 17.3 Å². The molecule has 9 heterocycles. The first-order valence-electron chi connectivity index (χ1n) is 42.3. The fraction of sp³-hybridized carbons (Fsp3) is 0.500. The quantitative estimate of drug-likeness (QED) is 0.00715.